The Morgan fingerprint density at radius 1 is 1.33 bits per heavy atom. The highest BCUT2D eigenvalue weighted by molar-refractivity contribution is 6.30. The highest BCUT2D eigenvalue weighted by atomic mass is 35.5. The van der Waals surface area contributed by atoms with E-state index in [9.17, 15) is 5.11 Å². The van der Waals surface area contributed by atoms with Crippen molar-refractivity contribution in [3.8, 4) is 17.2 Å². The number of halogens is 1. The lowest BCUT2D eigenvalue weighted by molar-refractivity contribution is 0.423. The predicted molar refractivity (Wildman–Crippen MR) is 70.0 cm³/mol. The minimum atomic E-state index is 0.0252. The van der Waals surface area contributed by atoms with Crippen molar-refractivity contribution < 1.29 is 9.63 Å². The van der Waals surface area contributed by atoms with Crippen LogP contribution in [0.2, 0.25) is 5.02 Å². The Bertz CT molecular complexity index is 538. The second-order valence-corrected chi connectivity index (χ2v) is 4.17. The topological polar surface area (TPSA) is 62.4 Å². The van der Waals surface area contributed by atoms with Crippen LogP contribution >= 0.6 is 11.6 Å². The Hall–Kier alpha value is -1.75. The molecule has 0 spiro atoms. The maximum absolute atomic E-state index is 9.78. The van der Waals surface area contributed by atoms with Crippen LogP contribution in [0.3, 0.4) is 0 Å². The quantitative estimate of drug-likeness (QED) is 0.923. The summed E-state index contributed by atoms with van der Waals surface area (Å²) in [6.07, 6.45) is 0. The third-order valence-corrected chi connectivity index (χ3v) is 2.89. The third-order valence-electron chi connectivity index (χ3n) is 2.65. The lowest BCUT2D eigenvalue weighted by atomic mass is 10.2. The van der Waals surface area contributed by atoms with E-state index in [1.807, 2.05) is 18.7 Å². The largest absolute Gasteiger partial charge is 0.507 e. The first-order valence-corrected chi connectivity index (χ1v) is 6.11. The van der Waals surface area contributed by atoms with Gasteiger partial charge < -0.3 is 14.5 Å². The smallest absolute Gasteiger partial charge is 0.266 e. The molecule has 2 aromatic rings. The van der Waals surface area contributed by atoms with E-state index in [1.165, 1.54) is 6.07 Å². The van der Waals surface area contributed by atoms with Crippen LogP contribution < -0.4 is 4.90 Å². The van der Waals surface area contributed by atoms with Crippen molar-refractivity contribution in [2.75, 3.05) is 18.0 Å². The SMILES string of the molecule is CCN(CC)c1noc(-c2ccc(Cl)cc2O)n1. The van der Waals surface area contributed by atoms with Crippen molar-refractivity contribution in [3.05, 3.63) is 23.2 Å². The molecule has 0 atom stereocenters. The highest BCUT2D eigenvalue weighted by Crippen LogP contribution is 2.31. The fraction of sp³-hybridized carbons (Fsp3) is 0.333. The van der Waals surface area contributed by atoms with Crippen LogP contribution in [0.4, 0.5) is 5.95 Å². The van der Waals surface area contributed by atoms with E-state index in [0.717, 1.165) is 13.1 Å². The van der Waals surface area contributed by atoms with E-state index in [1.54, 1.807) is 12.1 Å². The van der Waals surface area contributed by atoms with Gasteiger partial charge in [0.15, 0.2) is 0 Å². The average molecular weight is 268 g/mol. The number of anilines is 1. The molecule has 0 aliphatic carbocycles. The van der Waals surface area contributed by atoms with Gasteiger partial charge in [-0.05, 0) is 37.2 Å². The first-order chi connectivity index (χ1) is 8.65. The molecule has 0 bridgehead atoms. The maximum Gasteiger partial charge on any atom is 0.266 e. The molecule has 0 aliphatic rings. The first kappa shape index (κ1) is 12.7. The molecule has 96 valence electrons. The van der Waals surface area contributed by atoms with Gasteiger partial charge in [-0.15, -0.1) is 0 Å². The van der Waals surface area contributed by atoms with Crippen LogP contribution in [0.5, 0.6) is 5.75 Å². The van der Waals surface area contributed by atoms with Gasteiger partial charge in [-0.3, -0.25) is 0 Å². The van der Waals surface area contributed by atoms with Crippen molar-refractivity contribution in [1.29, 1.82) is 0 Å². The van der Waals surface area contributed by atoms with Crippen LogP contribution in [0, 0.1) is 0 Å². The van der Waals surface area contributed by atoms with E-state index in [-0.39, 0.29) is 11.6 Å². The van der Waals surface area contributed by atoms with E-state index < -0.39 is 0 Å². The van der Waals surface area contributed by atoms with Crippen molar-refractivity contribution in [2.24, 2.45) is 0 Å². The number of aromatic hydroxyl groups is 1. The molecule has 0 saturated heterocycles. The van der Waals surface area contributed by atoms with Crippen molar-refractivity contribution in [1.82, 2.24) is 10.1 Å². The van der Waals surface area contributed by atoms with Crippen LogP contribution in [-0.4, -0.2) is 28.3 Å². The number of hydrogen-bond donors (Lipinski definition) is 1. The molecule has 0 fully saturated rings. The monoisotopic (exact) mass is 267 g/mol. The zero-order valence-electron chi connectivity index (χ0n) is 10.2. The van der Waals surface area contributed by atoms with Crippen LogP contribution in [-0.2, 0) is 0 Å². The van der Waals surface area contributed by atoms with E-state index in [2.05, 4.69) is 10.1 Å². The van der Waals surface area contributed by atoms with Crippen LogP contribution in [0.25, 0.3) is 11.5 Å². The maximum atomic E-state index is 9.78. The van der Waals surface area contributed by atoms with Gasteiger partial charge in [-0.25, -0.2) is 0 Å². The number of benzene rings is 1. The first-order valence-electron chi connectivity index (χ1n) is 5.73. The Labute approximate surface area is 110 Å². The Balaban J connectivity index is 2.34. The Morgan fingerprint density at radius 2 is 2.06 bits per heavy atom. The van der Waals surface area contributed by atoms with Gasteiger partial charge in [0, 0.05) is 18.1 Å². The summed E-state index contributed by atoms with van der Waals surface area (Å²) >= 11 is 5.77. The van der Waals surface area contributed by atoms with E-state index in [4.69, 9.17) is 16.1 Å². The number of hydrogen-bond acceptors (Lipinski definition) is 5. The number of nitrogens with zero attached hydrogens (tertiary/aromatic N) is 3. The van der Waals surface area contributed by atoms with Crippen molar-refractivity contribution >= 4 is 17.5 Å². The summed E-state index contributed by atoms with van der Waals surface area (Å²) in [4.78, 5) is 6.22. The standard InChI is InChI=1S/C12H14ClN3O2/c1-3-16(4-2)12-14-11(18-15-12)9-6-5-8(13)7-10(9)17/h5-7,17H,3-4H2,1-2H3. The molecular weight excluding hydrogens is 254 g/mol. The van der Waals surface area contributed by atoms with E-state index >= 15 is 0 Å². The molecular formula is C12H14ClN3O2. The molecule has 1 aromatic heterocycles. The normalized spacial score (nSPS) is 10.6. The third kappa shape index (κ3) is 2.41. The summed E-state index contributed by atoms with van der Waals surface area (Å²) in [5.41, 5.74) is 0.477. The van der Waals surface area contributed by atoms with Crippen molar-refractivity contribution in [2.45, 2.75) is 13.8 Å². The minimum Gasteiger partial charge on any atom is -0.507 e. The van der Waals surface area contributed by atoms with E-state index in [0.29, 0.717) is 16.5 Å². The lowest BCUT2D eigenvalue weighted by Crippen LogP contribution is -2.22. The zero-order valence-corrected chi connectivity index (χ0v) is 11.0. The molecule has 0 amide bonds. The Kier molecular flexibility index (Phi) is 3.72. The highest BCUT2D eigenvalue weighted by Gasteiger charge is 2.15. The average Bonchev–Trinajstić information content (AvgIpc) is 2.80. The molecule has 18 heavy (non-hydrogen) atoms. The zero-order chi connectivity index (χ0) is 13.1. The molecule has 1 N–H and O–H groups in total. The summed E-state index contributed by atoms with van der Waals surface area (Å²) < 4.78 is 5.15. The molecule has 0 unspecified atom stereocenters. The van der Waals surface area contributed by atoms with Gasteiger partial charge in [0.25, 0.3) is 11.8 Å². The summed E-state index contributed by atoms with van der Waals surface area (Å²) in [6.45, 7) is 5.61. The van der Waals surface area contributed by atoms with Crippen LogP contribution in [0.1, 0.15) is 13.8 Å². The van der Waals surface area contributed by atoms with Gasteiger partial charge in [0.1, 0.15) is 5.75 Å². The molecule has 0 aliphatic heterocycles. The fourth-order valence-corrected chi connectivity index (χ4v) is 1.81. The number of rotatable bonds is 4. The van der Waals surface area contributed by atoms with Crippen molar-refractivity contribution in [3.63, 3.8) is 0 Å². The van der Waals surface area contributed by atoms with Gasteiger partial charge in [-0.1, -0.05) is 11.6 Å². The number of phenols is 1. The fourth-order valence-electron chi connectivity index (χ4n) is 1.65. The molecule has 2 rings (SSSR count). The molecule has 1 aromatic carbocycles. The number of aromatic nitrogens is 2. The van der Waals surface area contributed by atoms with Gasteiger partial charge in [-0.2, -0.15) is 4.98 Å². The minimum absolute atomic E-state index is 0.0252. The summed E-state index contributed by atoms with van der Waals surface area (Å²) in [7, 11) is 0. The Morgan fingerprint density at radius 3 is 2.67 bits per heavy atom. The lowest BCUT2D eigenvalue weighted by Gasteiger charge is -2.14. The van der Waals surface area contributed by atoms with Gasteiger partial charge in [0.2, 0.25) is 0 Å². The molecule has 6 heteroatoms. The molecule has 5 nitrogen and oxygen atoms in total. The molecule has 0 radical (unpaired) electrons. The second-order valence-electron chi connectivity index (χ2n) is 3.73. The number of phenolic OH excluding ortho intramolecular Hbond substituents is 1. The summed E-state index contributed by atoms with van der Waals surface area (Å²) in [5.74, 6) is 0.827. The summed E-state index contributed by atoms with van der Waals surface area (Å²) in [5, 5.41) is 14.1. The molecule has 1 heterocycles. The van der Waals surface area contributed by atoms with Gasteiger partial charge in [0.05, 0.1) is 5.56 Å². The molecule has 0 saturated carbocycles. The summed E-state index contributed by atoms with van der Waals surface area (Å²) in [6, 6.07) is 4.76. The van der Waals surface area contributed by atoms with Crippen LogP contribution in [0.15, 0.2) is 22.7 Å². The second kappa shape index (κ2) is 5.27. The van der Waals surface area contributed by atoms with Gasteiger partial charge >= 0.3 is 0 Å². The predicted octanol–water partition coefficient (Wildman–Crippen LogP) is 2.94.